The molecule has 0 fully saturated rings. The van der Waals surface area contributed by atoms with Gasteiger partial charge in [-0.15, -0.1) is 20.4 Å². The number of nitrogen functional groups attached to an aromatic ring is 1. The number of benzene rings is 1. The highest BCUT2D eigenvalue weighted by atomic mass is 32.2. The van der Waals surface area contributed by atoms with Crippen molar-refractivity contribution in [2.75, 3.05) is 5.84 Å². The molecule has 0 aliphatic rings. The van der Waals surface area contributed by atoms with Gasteiger partial charge in [0.1, 0.15) is 12.4 Å². The lowest BCUT2D eigenvalue weighted by Gasteiger charge is -2.14. The minimum Gasteiger partial charge on any atom is -0.485 e. The lowest BCUT2D eigenvalue weighted by molar-refractivity contribution is 0.287. The summed E-state index contributed by atoms with van der Waals surface area (Å²) in [5.74, 6) is 9.52. The molecule has 9 heteroatoms. The molecule has 2 N–H and O–H groups in total. The summed E-state index contributed by atoms with van der Waals surface area (Å²) in [6, 6.07) is 6.21. The molecule has 27 heavy (non-hydrogen) atoms. The van der Waals surface area contributed by atoms with E-state index in [1.165, 1.54) is 16.4 Å². The molecule has 0 spiro atoms. The molecule has 0 saturated heterocycles. The Morgan fingerprint density at radius 2 is 1.96 bits per heavy atom. The number of hydrogen-bond donors (Lipinski definition) is 1. The van der Waals surface area contributed by atoms with Gasteiger partial charge in [-0.05, 0) is 30.0 Å². The lowest BCUT2D eigenvalue weighted by atomic mass is 10.0. The molecule has 1 aromatic carbocycles. The van der Waals surface area contributed by atoms with Crippen molar-refractivity contribution in [2.24, 2.45) is 0 Å². The third kappa shape index (κ3) is 4.60. The Morgan fingerprint density at radius 1 is 1.19 bits per heavy atom. The third-order valence-electron chi connectivity index (χ3n) is 4.02. The Labute approximate surface area is 162 Å². The summed E-state index contributed by atoms with van der Waals surface area (Å²) in [6.07, 6.45) is 0.712. The van der Waals surface area contributed by atoms with E-state index in [9.17, 15) is 0 Å². The van der Waals surface area contributed by atoms with E-state index in [1.54, 1.807) is 0 Å². The van der Waals surface area contributed by atoms with Crippen LogP contribution in [0, 0.1) is 6.92 Å². The summed E-state index contributed by atoms with van der Waals surface area (Å²) in [7, 11) is 0. The van der Waals surface area contributed by atoms with Crippen molar-refractivity contribution in [2.45, 2.75) is 57.5 Å². The summed E-state index contributed by atoms with van der Waals surface area (Å²) >= 11 is 1.39. The Bertz CT molecular complexity index is 905. The number of aromatic nitrogens is 5. The van der Waals surface area contributed by atoms with Gasteiger partial charge in [-0.2, -0.15) is 0 Å². The largest absolute Gasteiger partial charge is 0.485 e. The minimum atomic E-state index is 0.244. The number of aryl methyl sites for hydroxylation is 2. The molecule has 2 aromatic heterocycles. The molecule has 0 atom stereocenters. The molecule has 3 aromatic rings. The highest BCUT2D eigenvalue weighted by molar-refractivity contribution is 7.98. The molecular weight excluding hydrogens is 364 g/mol. The normalized spacial score (nSPS) is 11.3. The van der Waals surface area contributed by atoms with Crippen LogP contribution in [0.4, 0.5) is 0 Å². The topological polar surface area (TPSA) is 105 Å². The molecule has 0 aliphatic heterocycles. The molecule has 2 heterocycles. The fourth-order valence-electron chi connectivity index (χ4n) is 2.51. The Kier molecular flexibility index (Phi) is 6.00. The molecule has 144 valence electrons. The molecule has 0 saturated carbocycles. The van der Waals surface area contributed by atoms with Crippen molar-refractivity contribution >= 4 is 11.8 Å². The molecule has 0 aliphatic carbocycles. The summed E-state index contributed by atoms with van der Waals surface area (Å²) in [5.41, 5.74) is 2.30. The SMILES string of the molecule is CCc1nnc(CSc2nnc(COc3cc(C)ccc3C(C)C)n2N)o1. The van der Waals surface area contributed by atoms with E-state index in [0.29, 0.717) is 40.9 Å². The van der Waals surface area contributed by atoms with E-state index < -0.39 is 0 Å². The van der Waals surface area contributed by atoms with Crippen molar-refractivity contribution in [3.63, 3.8) is 0 Å². The first-order chi connectivity index (χ1) is 13.0. The van der Waals surface area contributed by atoms with Crippen molar-refractivity contribution in [3.05, 3.63) is 46.9 Å². The van der Waals surface area contributed by atoms with Gasteiger partial charge in [0.15, 0.2) is 5.82 Å². The monoisotopic (exact) mass is 388 g/mol. The predicted molar refractivity (Wildman–Crippen MR) is 103 cm³/mol. The average Bonchev–Trinajstić information content (AvgIpc) is 3.24. The first-order valence-electron chi connectivity index (χ1n) is 8.84. The summed E-state index contributed by atoms with van der Waals surface area (Å²) in [4.78, 5) is 0. The molecule has 0 radical (unpaired) electrons. The Morgan fingerprint density at radius 3 is 2.67 bits per heavy atom. The van der Waals surface area contributed by atoms with Crippen LogP contribution in [0.3, 0.4) is 0 Å². The van der Waals surface area contributed by atoms with Crippen molar-refractivity contribution in [1.29, 1.82) is 0 Å². The van der Waals surface area contributed by atoms with Gasteiger partial charge in [-0.1, -0.05) is 44.7 Å². The van der Waals surface area contributed by atoms with Crippen LogP contribution in [0.15, 0.2) is 27.8 Å². The van der Waals surface area contributed by atoms with E-state index in [2.05, 4.69) is 46.4 Å². The zero-order valence-electron chi connectivity index (χ0n) is 16.0. The zero-order valence-corrected chi connectivity index (χ0v) is 16.8. The number of nitrogens with zero attached hydrogens (tertiary/aromatic N) is 5. The maximum Gasteiger partial charge on any atom is 0.226 e. The highest BCUT2D eigenvalue weighted by Gasteiger charge is 2.15. The van der Waals surface area contributed by atoms with Gasteiger partial charge in [-0.25, -0.2) is 4.68 Å². The van der Waals surface area contributed by atoms with Gasteiger partial charge in [0.2, 0.25) is 16.9 Å². The van der Waals surface area contributed by atoms with Gasteiger partial charge >= 0.3 is 0 Å². The van der Waals surface area contributed by atoms with Crippen LogP contribution in [0.25, 0.3) is 0 Å². The van der Waals surface area contributed by atoms with Gasteiger partial charge < -0.3 is 15.0 Å². The van der Waals surface area contributed by atoms with Crippen LogP contribution in [-0.2, 0) is 18.8 Å². The van der Waals surface area contributed by atoms with Crippen molar-refractivity contribution in [1.82, 2.24) is 25.1 Å². The van der Waals surface area contributed by atoms with Crippen LogP contribution < -0.4 is 10.6 Å². The van der Waals surface area contributed by atoms with E-state index >= 15 is 0 Å². The van der Waals surface area contributed by atoms with Gasteiger partial charge in [-0.3, -0.25) is 0 Å². The van der Waals surface area contributed by atoms with Crippen molar-refractivity contribution < 1.29 is 9.15 Å². The molecule has 8 nitrogen and oxygen atoms in total. The average molecular weight is 388 g/mol. The summed E-state index contributed by atoms with van der Waals surface area (Å²) in [6.45, 7) is 8.52. The maximum atomic E-state index is 6.11. The standard InChI is InChI=1S/C18H24N6O2S/c1-5-16-21-22-17(26-16)10-27-18-23-20-15(24(18)19)9-25-14-8-12(4)6-7-13(14)11(2)3/h6-8,11H,5,9-10,19H2,1-4H3. The van der Waals surface area contributed by atoms with Crippen LogP contribution >= 0.6 is 11.8 Å². The number of hydrogen-bond acceptors (Lipinski definition) is 8. The number of thioether (sulfide) groups is 1. The van der Waals surface area contributed by atoms with E-state index in [4.69, 9.17) is 15.0 Å². The first-order valence-corrected chi connectivity index (χ1v) is 9.83. The van der Waals surface area contributed by atoms with Crippen LogP contribution in [-0.4, -0.2) is 25.1 Å². The van der Waals surface area contributed by atoms with E-state index in [0.717, 1.165) is 16.9 Å². The van der Waals surface area contributed by atoms with E-state index in [1.807, 2.05) is 19.9 Å². The second kappa shape index (κ2) is 8.43. The lowest BCUT2D eigenvalue weighted by Crippen LogP contribution is -2.16. The van der Waals surface area contributed by atoms with Crippen LogP contribution in [0.5, 0.6) is 5.75 Å². The number of rotatable bonds is 8. The quantitative estimate of drug-likeness (QED) is 0.463. The van der Waals surface area contributed by atoms with Crippen molar-refractivity contribution in [3.8, 4) is 5.75 Å². The molecule has 0 bridgehead atoms. The highest BCUT2D eigenvalue weighted by Crippen LogP contribution is 2.28. The number of ether oxygens (including phenoxy) is 1. The molecule has 0 unspecified atom stereocenters. The summed E-state index contributed by atoms with van der Waals surface area (Å²) < 4.78 is 12.9. The summed E-state index contributed by atoms with van der Waals surface area (Å²) in [5, 5.41) is 16.8. The molecular formula is C18H24N6O2S. The number of nitrogens with two attached hydrogens (primary N) is 1. The zero-order chi connectivity index (χ0) is 19.4. The second-order valence-corrected chi connectivity index (χ2v) is 7.43. The van der Waals surface area contributed by atoms with Crippen LogP contribution in [0.1, 0.15) is 55.4 Å². The van der Waals surface area contributed by atoms with Gasteiger partial charge in [0.05, 0.1) is 5.75 Å². The van der Waals surface area contributed by atoms with Crippen LogP contribution in [0.2, 0.25) is 0 Å². The Hall–Kier alpha value is -2.55. The van der Waals surface area contributed by atoms with E-state index in [-0.39, 0.29) is 6.61 Å². The van der Waals surface area contributed by atoms with Gasteiger partial charge in [0, 0.05) is 6.42 Å². The minimum absolute atomic E-state index is 0.244. The Balaban J connectivity index is 1.64. The van der Waals surface area contributed by atoms with Gasteiger partial charge in [0.25, 0.3) is 0 Å². The smallest absolute Gasteiger partial charge is 0.226 e. The molecule has 0 amide bonds. The third-order valence-corrected chi connectivity index (χ3v) is 4.95. The fraction of sp³-hybridized carbons (Fsp3) is 0.444. The molecule has 3 rings (SSSR count). The second-order valence-electron chi connectivity index (χ2n) is 6.49. The first kappa shape index (κ1) is 19.2. The predicted octanol–water partition coefficient (Wildman–Crippen LogP) is 3.24. The fourth-order valence-corrected chi connectivity index (χ4v) is 3.22. The maximum absolute atomic E-state index is 6.11.